The summed E-state index contributed by atoms with van der Waals surface area (Å²) in [5.41, 5.74) is 2.27. The lowest BCUT2D eigenvalue weighted by atomic mass is 9.96. The molecule has 0 saturated heterocycles. The smallest absolute Gasteiger partial charge is 0.341 e. The van der Waals surface area contributed by atoms with Crippen molar-refractivity contribution in [1.29, 1.82) is 0 Å². The van der Waals surface area contributed by atoms with E-state index in [0.717, 1.165) is 37.7 Å². The summed E-state index contributed by atoms with van der Waals surface area (Å²) in [4.78, 5) is 37.8. The van der Waals surface area contributed by atoms with Crippen LogP contribution in [0.5, 0.6) is 0 Å². The van der Waals surface area contributed by atoms with Gasteiger partial charge in [0.1, 0.15) is 5.00 Å². The van der Waals surface area contributed by atoms with Crippen LogP contribution < -0.4 is 10.6 Å². The van der Waals surface area contributed by atoms with E-state index in [1.165, 1.54) is 62.2 Å². The normalized spacial score (nSPS) is 13.1. The van der Waals surface area contributed by atoms with Crippen LogP contribution in [0.2, 0.25) is 0 Å². The van der Waals surface area contributed by atoms with Gasteiger partial charge in [-0.3, -0.25) is 0 Å². The second kappa shape index (κ2) is 11.2. The molecule has 0 unspecified atom stereocenters. The minimum absolute atomic E-state index is 0.167. The molecular formula is C23H26N2O6S2. The van der Waals surface area contributed by atoms with Crippen LogP contribution in [-0.2, 0) is 27.1 Å². The lowest BCUT2D eigenvalue weighted by Gasteiger charge is -2.13. The zero-order valence-corrected chi connectivity index (χ0v) is 20.4. The Labute approximate surface area is 201 Å². The molecule has 2 aromatic rings. The number of thiophene rings is 1. The number of nitrogens with one attached hydrogen (secondary N) is 2. The Hall–Kier alpha value is -2.98. The molecule has 3 rings (SSSR count). The molecule has 8 nitrogen and oxygen atoms in total. The van der Waals surface area contributed by atoms with Gasteiger partial charge >= 0.3 is 17.9 Å². The lowest BCUT2D eigenvalue weighted by Crippen LogP contribution is -2.21. The number of benzene rings is 1. The molecular weight excluding hydrogens is 464 g/mol. The monoisotopic (exact) mass is 490 g/mol. The molecule has 0 fully saturated rings. The first-order valence-corrected chi connectivity index (χ1v) is 11.7. The van der Waals surface area contributed by atoms with Crippen molar-refractivity contribution in [2.75, 3.05) is 32.0 Å². The highest BCUT2D eigenvalue weighted by atomic mass is 32.1. The van der Waals surface area contributed by atoms with Gasteiger partial charge in [-0.25, -0.2) is 14.4 Å². The molecule has 1 aliphatic carbocycles. The number of fused-ring (bicyclic) bond motifs is 1. The van der Waals surface area contributed by atoms with Crippen molar-refractivity contribution >= 4 is 57.3 Å². The van der Waals surface area contributed by atoms with E-state index in [2.05, 4.69) is 10.6 Å². The summed E-state index contributed by atoms with van der Waals surface area (Å²) in [7, 11) is 3.87. The highest BCUT2D eigenvalue weighted by molar-refractivity contribution is 7.80. The van der Waals surface area contributed by atoms with Crippen LogP contribution in [0.25, 0.3) is 0 Å². The molecule has 0 spiro atoms. The molecule has 0 bridgehead atoms. The van der Waals surface area contributed by atoms with Crippen LogP contribution in [0.3, 0.4) is 0 Å². The summed E-state index contributed by atoms with van der Waals surface area (Å²) in [6.07, 6.45) is 6.14. The summed E-state index contributed by atoms with van der Waals surface area (Å²) < 4.78 is 14.6. The van der Waals surface area contributed by atoms with Gasteiger partial charge in [-0.15, -0.1) is 11.3 Å². The van der Waals surface area contributed by atoms with E-state index in [1.54, 1.807) is 0 Å². The zero-order chi connectivity index (χ0) is 24.0. The highest BCUT2D eigenvalue weighted by Crippen LogP contribution is 2.37. The predicted molar refractivity (Wildman–Crippen MR) is 130 cm³/mol. The summed E-state index contributed by atoms with van der Waals surface area (Å²) in [6.45, 7) is 0. The van der Waals surface area contributed by atoms with E-state index < -0.39 is 17.9 Å². The number of aryl methyl sites for hydroxylation is 1. The molecule has 1 heterocycles. The predicted octanol–water partition coefficient (Wildman–Crippen LogP) is 4.58. The van der Waals surface area contributed by atoms with Gasteiger partial charge in [-0.2, -0.15) is 0 Å². The largest absolute Gasteiger partial charge is 0.465 e. The molecule has 0 saturated carbocycles. The van der Waals surface area contributed by atoms with Gasteiger partial charge in [0.2, 0.25) is 0 Å². The van der Waals surface area contributed by atoms with Gasteiger partial charge in [0.05, 0.1) is 38.0 Å². The highest BCUT2D eigenvalue weighted by Gasteiger charge is 2.25. The van der Waals surface area contributed by atoms with Crippen molar-refractivity contribution in [3.63, 3.8) is 0 Å². The standard InChI is InChI=1S/C23H26N2O6S2/c1-29-20(26)13-10-14(21(27)30-2)12-15(11-13)24-23(32)25-19-18(22(28)31-3)16-8-6-4-5-7-9-17(16)33-19/h10-12H,4-9H2,1-3H3,(H2,24,25,32). The minimum Gasteiger partial charge on any atom is -0.465 e. The third-order valence-electron chi connectivity index (χ3n) is 5.32. The summed E-state index contributed by atoms with van der Waals surface area (Å²) >= 11 is 6.97. The van der Waals surface area contributed by atoms with E-state index in [4.69, 9.17) is 26.4 Å². The topological polar surface area (TPSA) is 103 Å². The molecule has 10 heteroatoms. The fraction of sp³-hybridized carbons (Fsp3) is 0.391. The van der Waals surface area contributed by atoms with Crippen molar-refractivity contribution in [3.05, 3.63) is 45.3 Å². The number of carbonyl (C=O) groups excluding carboxylic acids is 3. The number of methoxy groups -OCH3 is 3. The van der Waals surface area contributed by atoms with Gasteiger partial charge in [0.25, 0.3) is 0 Å². The lowest BCUT2D eigenvalue weighted by molar-refractivity contribution is 0.0587. The Morgan fingerprint density at radius 1 is 0.818 bits per heavy atom. The maximum Gasteiger partial charge on any atom is 0.341 e. The van der Waals surface area contributed by atoms with Crippen LogP contribution >= 0.6 is 23.6 Å². The number of rotatable bonds is 5. The molecule has 176 valence electrons. The number of esters is 3. The number of anilines is 2. The van der Waals surface area contributed by atoms with E-state index >= 15 is 0 Å². The minimum atomic E-state index is -0.603. The van der Waals surface area contributed by atoms with Crippen LogP contribution in [0.1, 0.15) is 67.2 Å². The van der Waals surface area contributed by atoms with Crippen molar-refractivity contribution in [2.45, 2.75) is 38.5 Å². The van der Waals surface area contributed by atoms with Crippen LogP contribution in [0.15, 0.2) is 18.2 Å². The molecule has 0 amide bonds. The first kappa shape index (κ1) is 24.7. The van der Waals surface area contributed by atoms with Gasteiger partial charge < -0.3 is 24.8 Å². The molecule has 1 aromatic heterocycles. The fourth-order valence-corrected chi connectivity index (χ4v) is 5.33. The first-order valence-electron chi connectivity index (χ1n) is 10.5. The third-order valence-corrected chi connectivity index (χ3v) is 6.73. The van der Waals surface area contributed by atoms with Gasteiger partial charge in [-0.1, -0.05) is 12.8 Å². The third kappa shape index (κ3) is 5.88. The second-order valence-corrected chi connectivity index (χ2v) is 8.99. The first-order chi connectivity index (χ1) is 15.9. The quantitative estimate of drug-likeness (QED) is 0.354. The molecule has 0 atom stereocenters. The molecule has 0 radical (unpaired) electrons. The average molecular weight is 491 g/mol. The van der Waals surface area contributed by atoms with E-state index in [0.29, 0.717) is 16.3 Å². The van der Waals surface area contributed by atoms with Gasteiger partial charge in [-0.05, 0) is 61.7 Å². The van der Waals surface area contributed by atoms with Crippen molar-refractivity contribution in [2.24, 2.45) is 0 Å². The average Bonchev–Trinajstić information content (AvgIpc) is 3.12. The molecule has 0 aliphatic heterocycles. The molecule has 2 N–H and O–H groups in total. The number of ether oxygens (including phenoxy) is 3. The molecule has 1 aromatic carbocycles. The zero-order valence-electron chi connectivity index (χ0n) is 18.7. The van der Waals surface area contributed by atoms with E-state index in [9.17, 15) is 14.4 Å². The molecule has 33 heavy (non-hydrogen) atoms. The number of thiocarbonyl (C=S) groups is 1. The Morgan fingerprint density at radius 3 is 1.97 bits per heavy atom. The fourth-order valence-electron chi connectivity index (χ4n) is 3.76. The maximum absolute atomic E-state index is 12.6. The number of carbonyl (C=O) groups is 3. The SMILES string of the molecule is COC(=O)c1cc(NC(=S)Nc2sc3c(c2C(=O)OC)CCCCCC3)cc(C(=O)OC)c1. The number of hydrogen-bond acceptors (Lipinski definition) is 8. The van der Waals surface area contributed by atoms with Crippen LogP contribution in [0, 0.1) is 0 Å². The summed E-state index contributed by atoms with van der Waals surface area (Å²) in [5, 5.41) is 6.90. The number of hydrogen-bond donors (Lipinski definition) is 2. The van der Waals surface area contributed by atoms with Crippen molar-refractivity contribution in [1.82, 2.24) is 0 Å². The van der Waals surface area contributed by atoms with Gasteiger partial charge in [0, 0.05) is 10.6 Å². The Kier molecular flexibility index (Phi) is 8.40. The Balaban J connectivity index is 1.89. The summed E-state index contributed by atoms with van der Waals surface area (Å²) in [6, 6.07) is 4.41. The second-order valence-electron chi connectivity index (χ2n) is 7.48. The van der Waals surface area contributed by atoms with Gasteiger partial charge in [0.15, 0.2) is 5.11 Å². The van der Waals surface area contributed by atoms with E-state index in [1.807, 2.05) is 0 Å². The van der Waals surface area contributed by atoms with Crippen molar-refractivity contribution in [3.8, 4) is 0 Å². The Morgan fingerprint density at radius 2 is 1.39 bits per heavy atom. The van der Waals surface area contributed by atoms with Crippen molar-refractivity contribution < 1.29 is 28.6 Å². The molecule has 1 aliphatic rings. The van der Waals surface area contributed by atoms with E-state index in [-0.39, 0.29) is 16.2 Å². The van der Waals surface area contributed by atoms with Crippen LogP contribution in [-0.4, -0.2) is 44.3 Å². The Bertz CT molecular complexity index is 1040. The van der Waals surface area contributed by atoms with Crippen LogP contribution in [0.4, 0.5) is 10.7 Å². The maximum atomic E-state index is 12.6. The summed E-state index contributed by atoms with van der Waals surface area (Å²) in [5.74, 6) is -1.61.